The van der Waals surface area contributed by atoms with E-state index in [1.54, 1.807) is 0 Å². The summed E-state index contributed by atoms with van der Waals surface area (Å²) in [6.07, 6.45) is -1.51. The topological polar surface area (TPSA) is 55.8 Å². The molecule has 0 amide bonds. The van der Waals surface area contributed by atoms with E-state index in [-0.39, 0.29) is 23.5 Å². The minimum Gasteiger partial charge on any atom is -0.302 e. The molecule has 0 aromatic carbocycles. The molecule has 15 heavy (non-hydrogen) atoms. The molecule has 92 valence electrons. The molecule has 0 unspecified atom stereocenters. The molecule has 0 bridgehead atoms. The van der Waals surface area contributed by atoms with Gasteiger partial charge in [-0.15, -0.1) is 46.4 Å². The minimum absolute atomic E-state index is 0.0101. The molecule has 0 aromatic rings. The van der Waals surface area contributed by atoms with Crippen molar-refractivity contribution in [3.63, 3.8) is 0 Å². The molecule has 0 aromatic heterocycles. The van der Waals surface area contributed by atoms with Crippen molar-refractivity contribution in [2.24, 2.45) is 0 Å². The van der Waals surface area contributed by atoms with Crippen molar-refractivity contribution >= 4 is 54.2 Å². The van der Waals surface area contributed by atoms with Crippen LogP contribution in [0.5, 0.6) is 0 Å². The molecule has 0 fully saturated rings. The lowest BCUT2D eigenvalue weighted by Crippen LogP contribution is -2.20. The molecular weight excluding hydrogens is 309 g/mol. The zero-order valence-electron chi connectivity index (χ0n) is 7.61. The average molecular weight is 320 g/mol. The van der Waals surface area contributed by atoms with E-state index in [1.807, 2.05) is 0 Å². The molecule has 0 aliphatic carbocycles. The number of hydrogen-bond donors (Lipinski definition) is 1. The van der Waals surface area contributed by atoms with Gasteiger partial charge in [-0.2, -0.15) is 0 Å². The third kappa shape index (κ3) is 7.24. The molecule has 0 saturated carbocycles. The van der Waals surface area contributed by atoms with Crippen LogP contribution in [0.2, 0.25) is 0 Å². The first-order valence-corrected chi connectivity index (χ1v) is 7.55. The lowest BCUT2D eigenvalue weighted by atomic mass is 10.5. The maximum Gasteiger partial charge on any atom is 0.472 e. The molecule has 1 N–H and O–H groups in total. The number of halogens is 4. The molecule has 0 saturated heterocycles. The third-order valence-electron chi connectivity index (χ3n) is 1.25. The summed E-state index contributed by atoms with van der Waals surface area (Å²) in [6, 6.07) is 0. The zero-order chi connectivity index (χ0) is 11.9. The van der Waals surface area contributed by atoms with Gasteiger partial charge in [0, 0.05) is 0 Å². The first-order valence-electron chi connectivity index (χ1n) is 3.92. The average Bonchev–Trinajstić information content (AvgIpc) is 2.22. The van der Waals surface area contributed by atoms with Gasteiger partial charge >= 0.3 is 7.82 Å². The molecule has 4 nitrogen and oxygen atoms in total. The van der Waals surface area contributed by atoms with Crippen LogP contribution in [0.15, 0.2) is 0 Å². The maximum atomic E-state index is 11.3. The fourth-order valence-corrected chi connectivity index (χ4v) is 2.96. The quantitative estimate of drug-likeness (QED) is 0.552. The van der Waals surface area contributed by atoms with Crippen LogP contribution in [-0.4, -0.2) is 40.6 Å². The molecule has 0 radical (unpaired) electrons. The van der Waals surface area contributed by atoms with Crippen LogP contribution in [-0.2, 0) is 13.6 Å². The van der Waals surface area contributed by atoms with Crippen LogP contribution in [0.25, 0.3) is 0 Å². The van der Waals surface area contributed by atoms with E-state index in [2.05, 4.69) is 9.05 Å². The zero-order valence-corrected chi connectivity index (χ0v) is 11.5. The summed E-state index contributed by atoms with van der Waals surface area (Å²) >= 11 is 21.7. The summed E-state index contributed by atoms with van der Waals surface area (Å²) < 4.78 is 20.7. The Kier molecular flexibility index (Phi) is 9.08. The van der Waals surface area contributed by atoms with E-state index in [4.69, 9.17) is 46.4 Å². The lowest BCUT2D eigenvalue weighted by Gasteiger charge is -2.20. The van der Waals surface area contributed by atoms with Gasteiger partial charge in [0.25, 0.3) is 0 Å². The Morgan fingerprint density at radius 1 is 0.933 bits per heavy atom. The summed E-state index contributed by atoms with van der Waals surface area (Å²) in [5, 5.41) is 0. The summed E-state index contributed by atoms with van der Waals surface area (Å²) in [4.78, 5) is 9.26. The van der Waals surface area contributed by atoms with E-state index >= 15 is 0 Å². The lowest BCUT2D eigenvalue weighted by molar-refractivity contribution is 0.103. The molecule has 0 aliphatic heterocycles. The highest BCUT2D eigenvalue weighted by Gasteiger charge is 2.29. The van der Waals surface area contributed by atoms with Crippen LogP contribution in [0, 0.1) is 0 Å². The highest BCUT2D eigenvalue weighted by molar-refractivity contribution is 7.47. The van der Waals surface area contributed by atoms with E-state index < -0.39 is 20.0 Å². The Hall–Kier alpha value is 1.27. The number of phosphoric ester groups is 1. The van der Waals surface area contributed by atoms with E-state index in [0.717, 1.165) is 0 Å². The molecule has 0 heterocycles. The van der Waals surface area contributed by atoms with Gasteiger partial charge in [0.05, 0.1) is 35.7 Å². The highest BCUT2D eigenvalue weighted by atomic mass is 35.5. The van der Waals surface area contributed by atoms with Gasteiger partial charge in [-0.3, -0.25) is 9.05 Å². The Morgan fingerprint density at radius 3 is 1.40 bits per heavy atom. The first-order chi connectivity index (χ1) is 6.99. The fourth-order valence-electron chi connectivity index (χ4n) is 0.597. The maximum absolute atomic E-state index is 11.3. The van der Waals surface area contributed by atoms with Gasteiger partial charge < -0.3 is 4.89 Å². The van der Waals surface area contributed by atoms with Gasteiger partial charge in [0.1, 0.15) is 0 Å². The third-order valence-corrected chi connectivity index (χ3v) is 3.76. The van der Waals surface area contributed by atoms with Crippen LogP contribution < -0.4 is 0 Å². The van der Waals surface area contributed by atoms with Gasteiger partial charge in [-0.05, 0) is 0 Å². The summed E-state index contributed by atoms with van der Waals surface area (Å²) in [5.41, 5.74) is 0. The van der Waals surface area contributed by atoms with Gasteiger partial charge in [-0.25, -0.2) is 4.57 Å². The second-order valence-electron chi connectivity index (χ2n) is 2.54. The number of hydrogen-bond acceptors (Lipinski definition) is 3. The fraction of sp³-hybridized carbons (Fsp3) is 1.00. The van der Waals surface area contributed by atoms with Crippen molar-refractivity contribution in [3.8, 4) is 0 Å². The van der Waals surface area contributed by atoms with Crippen molar-refractivity contribution < 1.29 is 18.5 Å². The largest absolute Gasteiger partial charge is 0.472 e. The summed E-state index contributed by atoms with van der Waals surface area (Å²) in [7, 11) is -4.21. The normalized spacial score (nSPS) is 12.7. The van der Waals surface area contributed by atoms with Crippen molar-refractivity contribution in [2.45, 2.75) is 12.2 Å². The minimum atomic E-state index is -4.21. The molecule has 0 rings (SSSR count). The van der Waals surface area contributed by atoms with Crippen molar-refractivity contribution in [1.29, 1.82) is 0 Å². The molecule has 0 spiro atoms. The van der Waals surface area contributed by atoms with E-state index in [9.17, 15) is 9.46 Å². The van der Waals surface area contributed by atoms with Crippen molar-refractivity contribution in [3.05, 3.63) is 0 Å². The first kappa shape index (κ1) is 16.3. The van der Waals surface area contributed by atoms with Gasteiger partial charge in [-0.1, -0.05) is 0 Å². The van der Waals surface area contributed by atoms with Crippen molar-refractivity contribution in [1.82, 2.24) is 0 Å². The number of rotatable bonds is 8. The van der Waals surface area contributed by atoms with E-state index in [1.165, 1.54) is 0 Å². The number of phosphoric acid groups is 1. The highest BCUT2D eigenvalue weighted by Crippen LogP contribution is 2.46. The van der Waals surface area contributed by atoms with Crippen LogP contribution in [0.1, 0.15) is 0 Å². The summed E-state index contributed by atoms with van der Waals surface area (Å²) in [6.45, 7) is 0. The Labute approximate surface area is 108 Å². The smallest absolute Gasteiger partial charge is 0.302 e. The Bertz CT molecular complexity index is 191. The molecular formula is C6H11Cl4O4P. The molecule has 0 atom stereocenters. The monoisotopic (exact) mass is 318 g/mol. The van der Waals surface area contributed by atoms with Gasteiger partial charge in [0.15, 0.2) is 0 Å². The standard InChI is InChI=1S/C6H11Cl4O4P/c7-1-5(2-8)13-15(11,12)14-6(3-9)4-10/h5-6H,1-4H2,(H,11,12). The van der Waals surface area contributed by atoms with Crippen LogP contribution >= 0.6 is 54.2 Å². The Balaban J connectivity index is 4.21. The van der Waals surface area contributed by atoms with Crippen LogP contribution in [0.3, 0.4) is 0 Å². The van der Waals surface area contributed by atoms with Gasteiger partial charge in [0.2, 0.25) is 0 Å². The van der Waals surface area contributed by atoms with Crippen molar-refractivity contribution in [2.75, 3.05) is 23.5 Å². The number of alkyl halides is 4. The van der Waals surface area contributed by atoms with E-state index in [0.29, 0.717) is 0 Å². The second kappa shape index (κ2) is 8.37. The second-order valence-corrected chi connectivity index (χ2v) is 5.13. The SMILES string of the molecule is O=P(O)(OC(CCl)CCl)OC(CCl)CCl. The summed E-state index contributed by atoms with van der Waals surface area (Å²) in [5.74, 6) is -0.0404. The Morgan fingerprint density at radius 2 is 1.20 bits per heavy atom. The molecule has 0 aliphatic rings. The predicted octanol–water partition coefficient (Wildman–Crippen LogP) is 2.81. The van der Waals surface area contributed by atoms with Crippen LogP contribution in [0.4, 0.5) is 0 Å². The predicted molar refractivity (Wildman–Crippen MR) is 62.5 cm³/mol. The molecule has 9 heteroatoms.